The summed E-state index contributed by atoms with van der Waals surface area (Å²) >= 11 is 0. The maximum Gasteiger partial charge on any atom is 0.162 e. The van der Waals surface area contributed by atoms with Crippen LogP contribution in [0.2, 0.25) is 0 Å². The van der Waals surface area contributed by atoms with E-state index in [2.05, 4.69) is 19.2 Å². The lowest BCUT2D eigenvalue weighted by molar-refractivity contribution is -0.278. The molecule has 0 spiro atoms. The maximum absolute atomic E-state index is 8.68. The lowest BCUT2D eigenvalue weighted by Gasteiger charge is -2.43. The zero-order valence-corrected chi connectivity index (χ0v) is 10.1. The van der Waals surface area contributed by atoms with Gasteiger partial charge in [-0.25, -0.2) is 0 Å². The summed E-state index contributed by atoms with van der Waals surface area (Å²) in [5.41, 5.74) is 0.603. The second-order valence-corrected chi connectivity index (χ2v) is 4.64. The first-order valence-electron chi connectivity index (χ1n) is 5.42. The summed E-state index contributed by atoms with van der Waals surface area (Å²) in [6.45, 7) is 12.6. The number of nitriles is 1. The number of ether oxygens (including phenoxy) is 2. The SMILES string of the molecule is C=CC(=C)C1(CCC#N)COC(C)(C)OC1. The average molecular weight is 221 g/mol. The first-order valence-corrected chi connectivity index (χ1v) is 5.42. The molecule has 0 aliphatic carbocycles. The molecule has 0 N–H and O–H groups in total. The molecule has 1 fully saturated rings. The third-order valence-electron chi connectivity index (χ3n) is 3.04. The van der Waals surface area contributed by atoms with E-state index in [1.807, 2.05) is 13.8 Å². The molecule has 1 aliphatic heterocycles. The molecule has 0 atom stereocenters. The monoisotopic (exact) mass is 221 g/mol. The minimum absolute atomic E-state index is 0.285. The summed E-state index contributed by atoms with van der Waals surface area (Å²) in [5.74, 6) is -0.544. The van der Waals surface area contributed by atoms with E-state index in [0.717, 1.165) is 5.57 Å². The fraction of sp³-hybridized carbons (Fsp3) is 0.615. The zero-order valence-electron chi connectivity index (χ0n) is 10.1. The van der Waals surface area contributed by atoms with Gasteiger partial charge >= 0.3 is 0 Å². The smallest absolute Gasteiger partial charge is 0.162 e. The van der Waals surface area contributed by atoms with Crippen LogP contribution < -0.4 is 0 Å². The summed E-state index contributed by atoms with van der Waals surface area (Å²) in [4.78, 5) is 0. The van der Waals surface area contributed by atoms with E-state index >= 15 is 0 Å². The van der Waals surface area contributed by atoms with Crippen molar-refractivity contribution in [3.63, 3.8) is 0 Å². The average Bonchev–Trinajstić information content (AvgIpc) is 2.27. The van der Waals surface area contributed by atoms with Crippen molar-refractivity contribution in [3.8, 4) is 6.07 Å². The van der Waals surface area contributed by atoms with Crippen LogP contribution in [0.4, 0.5) is 0 Å². The molecule has 0 aromatic rings. The summed E-state index contributed by atoms with van der Waals surface area (Å²) in [5, 5.41) is 8.68. The van der Waals surface area contributed by atoms with Gasteiger partial charge in [-0.15, -0.1) is 0 Å². The molecule has 1 aliphatic rings. The minimum Gasteiger partial charge on any atom is -0.350 e. The van der Waals surface area contributed by atoms with Gasteiger partial charge in [-0.05, 0) is 25.8 Å². The normalized spacial score (nSPS) is 22.1. The fourth-order valence-electron chi connectivity index (χ4n) is 1.71. The molecule has 0 bridgehead atoms. The Hall–Kier alpha value is -1.11. The Morgan fingerprint density at radius 2 is 2.00 bits per heavy atom. The third kappa shape index (κ3) is 2.72. The largest absolute Gasteiger partial charge is 0.350 e. The van der Waals surface area contributed by atoms with Crippen LogP contribution in [0.15, 0.2) is 24.8 Å². The van der Waals surface area contributed by atoms with Crippen molar-refractivity contribution in [2.24, 2.45) is 5.41 Å². The molecule has 3 heteroatoms. The number of rotatable bonds is 4. The highest BCUT2D eigenvalue weighted by Crippen LogP contribution is 2.39. The van der Waals surface area contributed by atoms with Crippen molar-refractivity contribution in [2.75, 3.05) is 13.2 Å². The molecule has 0 saturated carbocycles. The van der Waals surface area contributed by atoms with Crippen molar-refractivity contribution >= 4 is 0 Å². The summed E-state index contributed by atoms with van der Waals surface area (Å²) in [6, 6.07) is 2.15. The quantitative estimate of drug-likeness (QED) is 0.685. The van der Waals surface area contributed by atoms with Crippen molar-refractivity contribution < 1.29 is 9.47 Å². The molecule has 0 unspecified atom stereocenters. The van der Waals surface area contributed by atoms with E-state index in [9.17, 15) is 0 Å². The summed E-state index contributed by atoms with van der Waals surface area (Å²) in [6.07, 6.45) is 2.90. The van der Waals surface area contributed by atoms with E-state index in [1.54, 1.807) is 6.08 Å². The third-order valence-corrected chi connectivity index (χ3v) is 3.04. The molecule has 0 aromatic carbocycles. The van der Waals surface area contributed by atoms with Crippen LogP contribution >= 0.6 is 0 Å². The van der Waals surface area contributed by atoms with Crippen LogP contribution in [0.5, 0.6) is 0 Å². The lowest BCUT2D eigenvalue weighted by Crippen LogP contribution is -2.47. The first kappa shape index (κ1) is 13.0. The highest BCUT2D eigenvalue weighted by Gasteiger charge is 2.40. The predicted molar refractivity (Wildman–Crippen MR) is 62.6 cm³/mol. The Bertz CT molecular complexity index is 315. The first-order chi connectivity index (χ1) is 7.46. The molecule has 0 aromatic heterocycles. The molecule has 0 amide bonds. The topological polar surface area (TPSA) is 42.2 Å². The Labute approximate surface area is 97.4 Å². The Balaban J connectivity index is 2.79. The van der Waals surface area contributed by atoms with Gasteiger partial charge in [0.2, 0.25) is 0 Å². The Morgan fingerprint density at radius 1 is 1.44 bits per heavy atom. The number of hydrogen-bond donors (Lipinski definition) is 0. The minimum atomic E-state index is -0.544. The van der Waals surface area contributed by atoms with E-state index in [1.165, 1.54) is 0 Å². The number of hydrogen-bond acceptors (Lipinski definition) is 3. The van der Waals surface area contributed by atoms with E-state index in [-0.39, 0.29) is 5.41 Å². The summed E-state index contributed by atoms with van der Waals surface area (Å²) in [7, 11) is 0. The molecule has 1 saturated heterocycles. The van der Waals surface area contributed by atoms with Gasteiger partial charge in [0, 0.05) is 11.8 Å². The Kier molecular flexibility index (Phi) is 3.90. The van der Waals surface area contributed by atoms with Crippen molar-refractivity contribution in [1.29, 1.82) is 5.26 Å². The van der Waals surface area contributed by atoms with Gasteiger partial charge in [-0.1, -0.05) is 19.2 Å². The zero-order chi connectivity index (χ0) is 12.2. The van der Waals surface area contributed by atoms with Crippen molar-refractivity contribution in [3.05, 3.63) is 24.8 Å². The molecular formula is C13H19NO2. The van der Waals surface area contributed by atoms with E-state index in [4.69, 9.17) is 14.7 Å². The molecule has 1 heterocycles. The van der Waals surface area contributed by atoms with Crippen LogP contribution in [0.1, 0.15) is 26.7 Å². The number of nitrogens with zero attached hydrogens (tertiary/aromatic N) is 1. The molecule has 16 heavy (non-hydrogen) atoms. The van der Waals surface area contributed by atoms with Gasteiger partial charge in [0.15, 0.2) is 5.79 Å². The van der Waals surface area contributed by atoms with Gasteiger partial charge < -0.3 is 9.47 Å². The highest BCUT2D eigenvalue weighted by atomic mass is 16.7. The van der Waals surface area contributed by atoms with Gasteiger partial charge in [-0.3, -0.25) is 0 Å². The predicted octanol–water partition coefficient (Wildman–Crippen LogP) is 2.80. The molecular weight excluding hydrogens is 202 g/mol. The van der Waals surface area contributed by atoms with Crippen LogP contribution in [0.3, 0.4) is 0 Å². The van der Waals surface area contributed by atoms with Crippen LogP contribution in [0.25, 0.3) is 0 Å². The lowest BCUT2D eigenvalue weighted by atomic mass is 9.77. The number of allylic oxidation sites excluding steroid dienone is 1. The standard InChI is InChI=1S/C13H19NO2/c1-5-11(2)13(7-6-8-14)9-15-12(3,4)16-10-13/h5H,1-2,6-7,9-10H2,3-4H3. The maximum atomic E-state index is 8.68. The van der Waals surface area contributed by atoms with E-state index in [0.29, 0.717) is 26.1 Å². The van der Waals surface area contributed by atoms with Gasteiger partial charge in [0.05, 0.1) is 19.3 Å². The molecule has 88 valence electrons. The second kappa shape index (κ2) is 4.82. The fourth-order valence-corrected chi connectivity index (χ4v) is 1.71. The van der Waals surface area contributed by atoms with Crippen molar-refractivity contribution in [2.45, 2.75) is 32.5 Å². The Morgan fingerprint density at radius 3 is 2.44 bits per heavy atom. The molecule has 3 nitrogen and oxygen atoms in total. The van der Waals surface area contributed by atoms with Gasteiger partial charge in [0.1, 0.15) is 0 Å². The van der Waals surface area contributed by atoms with Gasteiger partial charge in [-0.2, -0.15) is 5.26 Å². The van der Waals surface area contributed by atoms with Crippen molar-refractivity contribution in [1.82, 2.24) is 0 Å². The van der Waals surface area contributed by atoms with Crippen LogP contribution in [-0.2, 0) is 9.47 Å². The van der Waals surface area contributed by atoms with Gasteiger partial charge in [0.25, 0.3) is 0 Å². The second-order valence-electron chi connectivity index (χ2n) is 4.64. The highest BCUT2D eigenvalue weighted by molar-refractivity contribution is 5.23. The van der Waals surface area contributed by atoms with Crippen LogP contribution in [-0.4, -0.2) is 19.0 Å². The molecule has 0 radical (unpaired) electrons. The van der Waals surface area contributed by atoms with Crippen LogP contribution in [0, 0.1) is 16.7 Å². The summed E-state index contributed by atoms with van der Waals surface area (Å²) < 4.78 is 11.3. The molecule has 1 rings (SSSR count). The van der Waals surface area contributed by atoms with E-state index < -0.39 is 5.79 Å².